The molecule has 0 spiro atoms. The molecule has 7 nitrogen and oxygen atoms in total. The summed E-state index contributed by atoms with van der Waals surface area (Å²) < 4.78 is 36.4. The Labute approximate surface area is 223 Å². The van der Waals surface area contributed by atoms with Gasteiger partial charge in [0.15, 0.2) is 11.6 Å². The third kappa shape index (κ3) is 4.43. The zero-order valence-electron chi connectivity index (χ0n) is 21.4. The number of anilines is 1. The van der Waals surface area contributed by atoms with Gasteiger partial charge in [0.25, 0.3) is 10.0 Å². The van der Waals surface area contributed by atoms with Crippen LogP contribution in [0.5, 0.6) is 5.75 Å². The molecular formula is C30H30N2O5S. The highest BCUT2D eigenvalue weighted by Gasteiger charge is 2.53. The van der Waals surface area contributed by atoms with Crippen LogP contribution in [0.2, 0.25) is 0 Å². The van der Waals surface area contributed by atoms with E-state index in [-0.39, 0.29) is 28.8 Å². The summed E-state index contributed by atoms with van der Waals surface area (Å²) in [4.78, 5) is 27.7. The van der Waals surface area contributed by atoms with Crippen LogP contribution in [0.25, 0.3) is 0 Å². The number of hydrogen-bond donors (Lipinski definition) is 1. The number of ketones is 2. The molecular weight excluding hydrogens is 500 g/mol. The molecule has 5 rings (SSSR count). The molecule has 1 N–H and O–H groups in total. The first-order valence-electron chi connectivity index (χ1n) is 12.9. The summed E-state index contributed by atoms with van der Waals surface area (Å²) in [6.07, 6.45) is 2.62. The van der Waals surface area contributed by atoms with Crippen molar-refractivity contribution in [3.63, 3.8) is 0 Å². The summed E-state index contributed by atoms with van der Waals surface area (Å²) >= 11 is 0. The standard InChI is InChI=1S/C30H30N2O5S/c1-3-16-30(17-4-2)23-13-9-8-12-22(23)27(33)26(28(30)34)29-31-24-15-14-21(18-25(24)38(35,36)32-29)37-19-20-10-6-5-7-11-20/h5-15,18,26H,3-4,16-17,19H2,1-2H3,(H,31,32). The minimum Gasteiger partial charge on any atom is -0.489 e. The van der Waals surface area contributed by atoms with Crippen molar-refractivity contribution in [2.24, 2.45) is 10.3 Å². The van der Waals surface area contributed by atoms with E-state index in [1.807, 2.05) is 56.3 Å². The van der Waals surface area contributed by atoms with Crippen molar-refractivity contribution in [3.05, 3.63) is 89.5 Å². The van der Waals surface area contributed by atoms with E-state index in [1.165, 1.54) is 6.07 Å². The molecule has 0 fully saturated rings. The molecule has 0 radical (unpaired) electrons. The van der Waals surface area contributed by atoms with E-state index in [2.05, 4.69) is 9.71 Å². The van der Waals surface area contributed by atoms with Crippen LogP contribution in [0, 0.1) is 5.92 Å². The van der Waals surface area contributed by atoms with E-state index in [4.69, 9.17) is 4.74 Å². The van der Waals surface area contributed by atoms with Crippen LogP contribution in [0.3, 0.4) is 0 Å². The lowest BCUT2D eigenvalue weighted by Crippen LogP contribution is -2.52. The number of nitrogens with one attached hydrogen (secondary N) is 1. The Bertz CT molecular complexity index is 1520. The van der Waals surface area contributed by atoms with Crippen molar-refractivity contribution in [2.45, 2.75) is 56.4 Å². The van der Waals surface area contributed by atoms with Crippen LogP contribution in [0.15, 0.2) is 82.1 Å². The second kappa shape index (κ2) is 10.2. The number of nitrogens with zero attached hydrogens (tertiary/aromatic N) is 1. The molecule has 38 heavy (non-hydrogen) atoms. The van der Waals surface area contributed by atoms with Crippen molar-refractivity contribution in [1.82, 2.24) is 0 Å². The normalized spacial score (nSPS) is 19.1. The van der Waals surface area contributed by atoms with E-state index in [0.717, 1.165) is 24.0 Å². The molecule has 2 aliphatic rings. The first-order valence-corrected chi connectivity index (χ1v) is 14.4. The largest absolute Gasteiger partial charge is 0.489 e. The zero-order chi connectivity index (χ0) is 26.9. The number of benzene rings is 3. The van der Waals surface area contributed by atoms with Gasteiger partial charge in [-0.15, -0.1) is 4.40 Å². The molecule has 0 aromatic heterocycles. The Morgan fingerprint density at radius 2 is 1.61 bits per heavy atom. The third-order valence-electron chi connectivity index (χ3n) is 7.29. The summed E-state index contributed by atoms with van der Waals surface area (Å²) in [6, 6.07) is 21.4. The fourth-order valence-electron chi connectivity index (χ4n) is 5.66. The number of sulfonamides is 1. The first kappa shape index (κ1) is 25.9. The lowest BCUT2D eigenvalue weighted by molar-refractivity contribution is -0.126. The van der Waals surface area contributed by atoms with Gasteiger partial charge in [-0.05, 0) is 36.1 Å². The summed E-state index contributed by atoms with van der Waals surface area (Å²) in [5.41, 5.74) is 1.52. The average Bonchev–Trinajstić information content (AvgIpc) is 2.91. The van der Waals surface area contributed by atoms with E-state index >= 15 is 0 Å². The van der Waals surface area contributed by atoms with Gasteiger partial charge in [-0.1, -0.05) is 81.3 Å². The topological polar surface area (TPSA) is 102 Å². The summed E-state index contributed by atoms with van der Waals surface area (Å²) in [5.74, 6) is -1.81. The van der Waals surface area contributed by atoms with Crippen molar-refractivity contribution in [1.29, 1.82) is 0 Å². The Morgan fingerprint density at radius 3 is 2.32 bits per heavy atom. The van der Waals surface area contributed by atoms with Gasteiger partial charge in [-0.2, -0.15) is 8.42 Å². The quantitative estimate of drug-likeness (QED) is 0.375. The van der Waals surface area contributed by atoms with Crippen molar-refractivity contribution >= 4 is 33.1 Å². The van der Waals surface area contributed by atoms with Gasteiger partial charge in [-0.3, -0.25) is 9.59 Å². The van der Waals surface area contributed by atoms with E-state index < -0.39 is 27.1 Å². The molecule has 1 heterocycles. The maximum Gasteiger partial charge on any atom is 0.286 e. The fraction of sp³-hybridized carbons (Fsp3) is 0.300. The molecule has 8 heteroatoms. The number of rotatable bonds is 8. The highest BCUT2D eigenvalue weighted by Crippen LogP contribution is 2.45. The predicted octanol–water partition coefficient (Wildman–Crippen LogP) is 5.70. The maximum atomic E-state index is 14.1. The van der Waals surface area contributed by atoms with Crippen LogP contribution < -0.4 is 10.1 Å². The Kier molecular flexibility index (Phi) is 6.92. The highest BCUT2D eigenvalue weighted by molar-refractivity contribution is 7.90. The maximum absolute atomic E-state index is 14.1. The van der Waals surface area contributed by atoms with Gasteiger partial charge in [0.05, 0.1) is 11.1 Å². The number of carbonyl (C=O) groups is 2. The molecule has 196 valence electrons. The number of ether oxygens (including phenoxy) is 1. The Morgan fingerprint density at radius 1 is 0.921 bits per heavy atom. The van der Waals surface area contributed by atoms with Gasteiger partial charge < -0.3 is 10.1 Å². The third-order valence-corrected chi connectivity index (χ3v) is 8.62. The van der Waals surface area contributed by atoms with Gasteiger partial charge >= 0.3 is 0 Å². The second-order valence-corrected chi connectivity index (χ2v) is 11.4. The number of amidine groups is 1. The minimum absolute atomic E-state index is 0.0590. The Hall–Kier alpha value is -3.78. The molecule has 1 aliphatic heterocycles. The van der Waals surface area contributed by atoms with Gasteiger partial charge in [0.1, 0.15) is 29.0 Å². The lowest BCUT2D eigenvalue weighted by atomic mass is 9.60. The van der Waals surface area contributed by atoms with Crippen LogP contribution in [-0.2, 0) is 26.8 Å². The zero-order valence-corrected chi connectivity index (χ0v) is 22.3. The van der Waals surface area contributed by atoms with Gasteiger partial charge in [-0.25, -0.2) is 0 Å². The van der Waals surface area contributed by atoms with Crippen molar-refractivity contribution in [2.75, 3.05) is 5.32 Å². The molecule has 0 bridgehead atoms. The first-order chi connectivity index (χ1) is 18.3. The smallest absolute Gasteiger partial charge is 0.286 e. The Balaban J connectivity index is 1.51. The average molecular weight is 531 g/mol. The summed E-state index contributed by atoms with van der Waals surface area (Å²) in [5, 5.41) is 3.01. The van der Waals surface area contributed by atoms with Crippen molar-refractivity contribution < 1.29 is 22.7 Å². The van der Waals surface area contributed by atoms with Crippen LogP contribution in [0.4, 0.5) is 5.69 Å². The highest BCUT2D eigenvalue weighted by atomic mass is 32.2. The molecule has 3 aromatic rings. The molecule has 0 saturated heterocycles. The molecule has 3 aromatic carbocycles. The second-order valence-electron chi connectivity index (χ2n) is 9.80. The number of fused-ring (bicyclic) bond motifs is 2. The lowest BCUT2D eigenvalue weighted by Gasteiger charge is -2.41. The SMILES string of the molecule is CCCC1(CCC)C(=O)C(C2=NS(=O)(=O)c3cc(OCc4ccccc4)ccc3N2)C(=O)c2ccccc21. The van der Waals surface area contributed by atoms with Gasteiger partial charge in [0.2, 0.25) is 0 Å². The summed E-state index contributed by atoms with van der Waals surface area (Å²) in [7, 11) is -4.19. The molecule has 1 aliphatic carbocycles. The summed E-state index contributed by atoms with van der Waals surface area (Å²) in [6.45, 7) is 4.30. The molecule has 1 atom stereocenters. The van der Waals surface area contributed by atoms with Crippen LogP contribution in [-0.4, -0.2) is 25.8 Å². The predicted molar refractivity (Wildman–Crippen MR) is 146 cm³/mol. The fourth-order valence-corrected chi connectivity index (χ4v) is 6.83. The monoisotopic (exact) mass is 530 g/mol. The van der Waals surface area contributed by atoms with E-state index in [9.17, 15) is 18.0 Å². The van der Waals surface area contributed by atoms with Crippen molar-refractivity contribution in [3.8, 4) is 5.75 Å². The van der Waals surface area contributed by atoms with Gasteiger partial charge in [0, 0.05) is 11.6 Å². The molecule has 0 saturated carbocycles. The molecule has 1 unspecified atom stereocenters. The molecule has 0 amide bonds. The number of carbonyl (C=O) groups excluding carboxylic acids is 2. The van der Waals surface area contributed by atoms with E-state index in [1.54, 1.807) is 24.3 Å². The van der Waals surface area contributed by atoms with E-state index in [0.29, 0.717) is 24.2 Å². The van der Waals surface area contributed by atoms with Crippen LogP contribution >= 0.6 is 0 Å². The minimum atomic E-state index is -4.19. The number of Topliss-reactive ketones (excluding diaryl/α,β-unsaturated/α-hetero) is 2. The van der Waals surface area contributed by atoms with Crippen LogP contribution in [0.1, 0.15) is 61.0 Å². The number of hydrogen-bond acceptors (Lipinski definition) is 6.